The van der Waals surface area contributed by atoms with Crippen LogP contribution < -0.4 is 5.73 Å². The Morgan fingerprint density at radius 1 is 1.35 bits per heavy atom. The average molecular weight is 252 g/mol. The van der Waals surface area contributed by atoms with Crippen LogP contribution in [0.4, 0.5) is 5.69 Å². The number of aryl methyl sites for hydroxylation is 1. The summed E-state index contributed by atoms with van der Waals surface area (Å²) in [5.41, 5.74) is 8.36. The maximum absolute atomic E-state index is 11.4. The van der Waals surface area contributed by atoms with E-state index in [0.29, 0.717) is 5.69 Å². The number of anilines is 1. The van der Waals surface area contributed by atoms with E-state index < -0.39 is 9.84 Å². The monoisotopic (exact) mass is 252 g/mol. The lowest BCUT2D eigenvalue weighted by molar-refractivity contribution is 0.601. The highest BCUT2D eigenvalue weighted by Gasteiger charge is 2.13. The Labute approximate surface area is 101 Å². The van der Waals surface area contributed by atoms with E-state index in [4.69, 9.17) is 5.73 Å². The number of rotatable bonds is 3. The van der Waals surface area contributed by atoms with Crippen LogP contribution in [0.5, 0.6) is 0 Å². The van der Waals surface area contributed by atoms with E-state index in [1.165, 1.54) is 6.26 Å². The standard InChI is InChI=1S/C12H16N2O2S/c1-3-14-7-9(8-17(2,15)16)10-5-4-6-11(13)12(10)14/h4-7H,3,8,13H2,1-2H3. The third-order valence-electron chi connectivity index (χ3n) is 2.77. The topological polar surface area (TPSA) is 65.1 Å². The van der Waals surface area contributed by atoms with Crippen molar-refractivity contribution < 1.29 is 8.42 Å². The van der Waals surface area contributed by atoms with Crippen molar-refractivity contribution in [1.82, 2.24) is 4.57 Å². The van der Waals surface area contributed by atoms with Gasteiger partial charge in [-0.2, -0.15) is 0 Å². The van der Waals surface area contributed by atoms with E-state index in [-0.39, 0.29) is 5.75 Å². The number of benzene rings is 1. The molecule has 2 rings (SSSR count). The van der Waals surface area contributed by atoms with Crippen LogP contribution >= 0.6 is 0 Å². The molecule has 2 N–H and O–H groups in total. The van der Waals surface area contributed by atoms with Gasteiger partial charge in [-0.1, -0.05) is 12.1 Å². The molecule has 2 aromatic rings. The van der Waals surface area contributed by atoms with Crippen LogP contribution in [0.15, 0.2) is 24.4 Å². The van der Waals surface area contributed by atoms with Gasteiger partial charge in [-0.15, -0.1) is 0 Å². The lowest BCUT2D eigenvalue weighted by Crippen LogP contribution is -2.00. The summed E-state index contributed by atoms with van der Waals surface area (Å²) in [6, 6.07) is 5.60. The Balaban J connectivity index is 2.70. The van der Waals surface area contributed by atoms with Crippen molar-refractivity contribution in [3.8, 4) is 0 Å². The Kier molecular flexibility index (Phi) is 2.87. The fourth-order valence-corrected chi connectivity index (χ4v) is 2.91. The van der Waals surface area contributed by atoms with Crippen molar-refractivity contribution in [3.63, 3.8) is 0 Å². The summed E-state index contributed by atoms with van der Waals surface area (Å²) in [5.74, 6) is 0.0555. The van der Waals surface area contributed by atoms with Crippen LogP contribution in [0.3, 0.4) is 0 Å². The molecule has 0 bridgehead atoms. The van der Waals surface area contributed by atoms with Gasteiger partial charge in [-0.25, -0.2) is 8.42 Å². The highest BCUT2D eigenvalue weighted by Crippen LogP contribution is 2.27. The Morgan fingerprint density at radius 3 is 2.65 bits per heavy atom. The molecule has 0 radical (unpaired) electrons. The number of nitrogen functional groups attached to an aromatic ring is 1. The van der Waals surface area contributed by atoms with Gasteiger partial charge < -0.3 is 10.3 Å². The zero-order chi connectivity index (χ0) is 12.6. The van der Waals surface area contributed by atoms with Crippen LogP contribution in [0.2, 0.25) is 0 Å². The van der Waals surface area contributed by atoms with Gasteiger partial charge in [-0.3, -0.25) is 0 Å². The minimum absolute atomic E-state index is 0.0555. The zero-order valence-corrected chi connectivity index (χ0v) is 10.8. The minimum atomic E-state index is -3.03. The Bertz CT molecular complexity index is 656. The van der Waals surface area contributed by atoms with Crippen molar-refractivity contribution in [1.29, 1.82) is 0 Å². The normalized spacial score (nSPS) is 12.1. The lowest BCUT2D eigenvalue weighted by atomic mass is 10.2. The second kappa shape index (κ2) is 4.07. The summed E-state index contributed by atoms with van der Waals surface area (Å²) >= 11 is 0. The lowest BCUT2D eigenvalue weighted by Gasteiger charge is -2.02. The molecule has 0 saturated carbocycles. The van der Waals surface area contributed by atoms with E-state index >= 15 is 0 Å². The fraction of sp³-hybridized carbons (Fsp3) is 0.333. The maximum Gasteiger partial charge on any atom is 0.151 e. The Hall–Kier alpha value is -1.49. The van der Waals surface area contributed by atoms with E-state index in [1.807, 2.05) is 35.9 Å². The molecule has 1 aromatic carbocycles. The maximum atomic E-state index is 11.4. The third-order valence-corrected chi connectivity index (χ3v) is 3.61. The molecule has 0 fully saturated rings. The molecule has 92 valence electrons. The van der Waals surface area contributed by atoms with Crippen molar-refractivity contribution >= 4 is 26.4 Å². The minimum Gasteiger partial charge on any atom is -0.397 e. The SMILES string of the molecule is CCn1cc(CS(C)(=O)=O)c2cccc(N)c21. The molecular weight excluding hydrogens is 236 g/mol. The van der Waals surface area contributed by atoms with Gasteiger partial charge in [0.05, 0.1) is 17.0 Å². The average Bonchev–Trinajstić information content (AvgIpc) is 2.56. The molecule has 4 nitrogen and oxygen atoms in total. The predicted octanol–water partition coefficient (Wildman–Crippen LogP) is 1.79. The summed E-state index contributed by atoms with van der Waals surface area (Å²) in [7, 11) is -3.03. The number of nitrogens with two attached hydrogens (primary N) is 1. The Morgan fingerprint density at radius 2 is 2.06 bits per heavy atom. The van der Waals surface area contributed by atoms with Gasteiger partial charge in [0.25, 0.3) is 0 Å². The van der Waals surface area contributed by atoms with Crippen LogP contribution in [0.25, 0.3) is 10.9 Å². The largest absolute Gasteiger partial charge is 0.397 e. The molecule has 17 heavy (non-hydrogen) atoms. The number of nitrogens with zero attached hydrogens (tertiary/aromatic N) is 1. The molecular formula is C12H16N2O2S. The van der Waals surface area contributed by atoms with Gasteiger partial charge in [0.15, 0.2) is 9.84 Å². The second-order valence-electron chi connectivity index (χ2n) is 4.25. The van der Waals surface area contributed by atoms with Gasteiger partial charge in [-0.05, 0) is 18.6 Å². The van der Waals surface area contributed by atoms with E-state index in [9.17, 15) is 8.42 Å². The van der Waals surface area contributed by atoms with Crippen molar-refractivity contribution in [2.75, 3.05) is 12.0 Å². The molecule has 0 saturated heterocycles. The number of sulfone groups is 1. The smallest absolute Gasteiger partial charge is 0.151 e. The van der Waals surface area contributed by atoms with Gasteiger partial charge in [0.1, 0.15) is 0 Å². The molecule has 0 spiro atoms. The molecule has 0 aliphatic carbocycles. The van der Waals surface area contributed by atoms with Crippen LogP contribution in [-0.4, -0.2) is 19.2 Å². The first-order valence-corrected chi connectivity index (χ1v) is 7.52. The van der Waals surface area contributed by atoms with E-state index in [2.05, 4.69) is 0 Å². The highest BCUT2D eigenvalue weighted by atomic mass is 32.2. The summed E-state index contributed by atoms with van der Waals surface area (Å²) in [4.78, 5) is 0. The summed E-state index contributed by atoms with van der Waals surface area (Å²) in [6.07, 6.45) is 3.12. The number of hydrogen-bond donors (Lipinski definition) is 1. The van der Waals surface area contributed by atoms with E-state index in [1.54, 1.807) is 0 Å². The summed E-state index contributed by atoms with van der Waals surface area (Å²) in [5, 5.41) is 0.928. The van der Waals surface area contributed by atoms with Crippen molar-refractivity contribution in [2.24, 2.45) is 0 Å². The summed E-state index contributed by atoms with van der Waals surface area (Å²) < 4.78 is 24.8. The third kappa shape index (κ3) is 2.29. The second-order valence-corrected chi connectivity index (χ2v) is 6.39. The quantitative estimate of drug-likeness (QED) is 0.847. The first-order valence-electron chi connectivity index (χ1n) is 5.46. The van der Waals surface area contributed by atoms with Gasteiger partial charge >= 0.3 is 0 Å². The van der Waals surface area contributed by atoms with Crippen molar-refractivity contribution in [3.05, 3.63) is 30.0 Å². The molecule has 0 aliphatic rings. The molecule has 1 heterocycles. The van der Waals surface area contributed by atoms with Gasteiger partial charge in [0.2, 0.25) is 0 Å². The van der Waals surface area contributed by atoms with Crippen LogP contribution in [0.1, 0.15) is 12.5 Å². The van der Waals surface area contributed by atoms with Crippen LogP contribution in [0, 0.1) is 0 Å². The molecule has 0 atom stereocenters. The summed E-state index contributed by atoms with van der Waals surface area (Å²) in [6.45, 7) is 2.78. The predicted molar refractivity (Wildman–Crippen MR) is 70.6 cm³/mol. The molecule has 0 unspecified atom stereocenters. The highest BCUT2D eigenvalue weighted by molar-refractivity contribution is 7.89. The fourth-order valence-electron chi connectivity index (χ4n) is 2.11. The number of aromatic nitrogens is 1. The molecule has 1 aromatic heterocycles. The van der Waals surface area contributed by atoms with E-state index in [0.717, 1.165) is 23.0 Å². The first-order chi connectivity index (χ1) is 7.92. The molecule has 5 heteroatoms. The number of hydrogen-bond acceptors (Lipinski definition) is 3. The van der Waals surface area contributed by atoms with Crippen LogP contribution in [-0.2, 0) is 22.1 Å². The number of para-hydroxylation sites is 1. The van der Waals surface area contributed by atoms with Crippen molar-refractivity contribution in [2.45, 2.75) is 19.2 Å². The molecule has 0 aliphatic heterocycles. The zero-order valence-electron chi connectivity index (χ0n) is 9.97. The number of fused-ring (bicyclic) bond motifs is 1. The molecule has 0 amide bonds. The first kappa shape index (κ1) is 12.0. The van der Waals surface area contributed by atoms with Gasteiger partial charge in [0, 0.05) is 24.4 Å².